The zero-order valence-electron chi connectivity index (χ0n) is 12.3. The van der Waals surface area contributed by atoms with E-state index >= 15 is 0 Å². The molecular weight excluding hydrogens is 308 g/mol. The first-order valence-corrected chi connectivity index (χ1v) is 6.96. The summed E-state index contributed by atoms with van der Waals surface area (Å²) in [6.07, 6.45) is 1.19. The second-order valence-electron chi connectivity index (χ2n) is 4.42. The molecule has 0 spiro atoms. The Morgan fingerprint density at radius 3 is 2.82 bits per heavy atom. The molecule has 1 atom stereocenters. The number of nitrogens with one attached hydrogen (secondary N) is 2. The summed E-state index contributed by atoms with van der Waals surface area (Å²) in [4.78, 5) is 12.0. The van der Waals surface area contributed by atoms with Gasteiger partial charge in [0.05, 0.1) is 25.6 Å². The third-order valence-corrected chi connectivity index (χ3v) is 3.24. The number of carbonyl (C=O) groups excluding carboxylic acids is 1. The average molecular weight is 325 g/mol. The molecule has 0 saturated heterocycles. The fourth-order valence-electron chi connectivity index (χ4n) is 1.90. The van der Waals surface area contributed by atoms with E-state index in [1.807, 2.05) is 0 Å². The Labute approximate surface area is 133 Å². The Balaban J connectivity index is 1.94. The van der Waals surface area contributed by atoms with Crippen molar-refractivity contribution >= 4 is 23.3 Å². The molecular formula is C15H17ClN2O4. The van der Waals surface area contributed by atoms with E-state index in [9.17, 15) is 4.79 Å². The molecule has 2 N–H and O–H groups in total. The zero-order chi connectivity index (χ0) is 15.9. The molecule has 1 aromatic carbocycles. The Morgan fingerprint density at radius 2 is 2.18 bits per heavy atom. The molecule has 0 aliphatic rings. The van der Waals surface area contributed by atoms with E-state index in [2.05, 4.69) is 10.6 Å². The van der Waals surface area contributed by atoms with Gasteiger partial charge in [0.2, 0.25) is 0 Å². The number of methoxy groups -OCH3 is 2. The third kappa shape index (κ3) is 4.16. The van der Waals surface area contributed by atoms with Crippen molar-refractivity contribution in [1.82, 2.24) is 5.32 Å². The van der Waals surface area contributed by atoms with Gasteiger partial charge in [0.1, 0.15) is 17.6 Å². The van der Waals surface area contributed by atoms with Gasteiger partial charge in [-0.25, -0.2) is 4.79 Å². The van der Waals surface area contributed by atoms with Crippen LogP contribution in [0.1, 0.15) is 11.9 Å². The average Bonchev–Trinajstić information content (AvgIpc) is 3.02. The lowest BCUT2D eigenvalue weighted by molar-refractivity contribution is 0.0855. The van der Waals surface area contributed by atoms with Crippen LogP contribution in [0.5, 0.6) is 5.75 Å². The summed E-state index contributed by atoms with van der Waals surface area (Å²) in [5, 5.41) is 5.89. The Kier molecular flexibility index (Phi) is 5.68. The minimum atomic E-state index is -0.394. The summed E-state index contributed by atoms with van der Waals surface area (Å²) in [6, 6.07) is 8.13. The van der Waals surface area contributed by atoms with Gasteiger partial charge in [0, 0.05) is 12.1 Å². The third-order valence-electron chi connectivity index (χ3n) is 3.00. The number of furan rings is 1. The number of ether oxygens (including phenoxy) is 2. The van der Waals surface area contributed by atoms with Crippen molar-refractivity contribution in [3.05, 3.63) is 47.4 Å². The molecule has 0 saturated carbocycles. The topological polar surface area (TPSA) is 72.7 Å². The number of rotatable bonds is 6. The van der Waals surface area contributed by atoms with Gasteiger partial charge in [0.15, 0.2) is 0 Å². The fourth-order valence-corrected chi connectivity index (χ4v) is 2.08. The van der Waals surface area contributed by atoms with E-state index in [0.717, 1.165) is 0 Å². The van der Waals surface area contributed by atoms with Crippen LogP contribution in [0.4, 0.5) is 10.5 Å². The largest absolute Gasteiger partial charge is 0.495 e. The van der Waals surface area contributed by atoms with E-state index in [-0.39, 0.29) is 12.6 Å². The van der Waals surface area contributed by atoms with E-state index in [1.165, 1.54) is 7.11 Å². The second-order valence-corrected chi connectivity index (χ2v) is 4.86. The molecule has 7 heteroatoms. The van der Waals surface area contributed by atoms with E-state index in [1.54, 1.807) is 43.7 Å². The van der Waals surface area contributed by atoms with Crippen LogP contribution in [0.15, 0.2) is 41.0 Å². The van der Waals surface area contributed by atoms with Crippen molar-refractivity contribution in [2.45, 2.75) is 6.10 Å². The maximum atomic E-state index is 12.0. The Hall–Kier alpha value is -2.18. The summed E-state index contributed by atoms with van der Waals surface area (Å²) >= 11 is 5.92. The van der Waals surface area contributed by atoms with Gasteiger partial charge in [-0.3, -0.25) is 0 Å². The number of urea groups is 1. The van der Waals surface area contributed by atoms with Crippen molar-refractivity contribution in [2.75, 3.05) is 26.1 Å². The molecule has 0 bridgehead atoms. The minimum absolute atomic E-state index is 0.263. The van der Waals surface area contributed by atoms with Crippen LogP contribution in [0.2, 0.25) is 5.02 Å². The summed E-state index contributed by atoms with van der Waals surface area (Å²) < 4.78 is 15.7. The normalized spacial score (nSPS) is 11.8. The number of benzene rings is 1. The highest BCUT2D eigenvalue weighted by Crippen LogP contribution is 2.27. The number of halogens is 1. The Bertz CT molecular complexity index is 616. The molecule has 0 fully saturated rings. The summed E-state index contributed by atoms with van der Waals surface area (Å²) in [6.45, 7) is 0.263. The smallest absolute Gasteiger partial charge is 0.319 e. The highest BCUT2D eigenvalue weighted by Gasteiger charge is 2.15. The molecule has 6 nitrogen and oxygen atoms in total. The second kappa shape index (κ2) is 7.72. The zero-order valence-corrected chi connectivity index (χ0v) is 13.0. The molecule has 0 aliphatic heterocycles. The number of hydrogen-bond acceptors (Lipinski definition) is 4. The van der Waals surface area contributed by atoms with Crippen LogP contribution in [0.25, 0.3) is 0 Å². The molecule has 1 unspecified atom stereocenters. The lowest BCUT2D eigenvalue weighted by Crippen LogP contribution is -2.32. The van der Waals surface area contributed by atoms with Gasteiger partial charge in [-0.2, -0.15) is 0 Å². The standard InChI is InChI=1S/C15H17ClN2O4/c1-20-12-6-5-10(16)8-11(12)18-15(19)17-9-14(21-2)13-4-3-7-22-13/h3-8,14H,9H2,1-2H3,(H2,17,18,19). The van der Waals surface area contributed by atoms with Gasteiger partial charge in [0.25, 0.3) is 0 Å². The van der Waals surface area contributed by atoms with Gasteiger partial charge in [-0.1, -0.05) is 11.6 Å². The molecule has 0 aliphatic carbocycles. The Morgan fingerprint density at radius 1 is 1.36 bits per heavy atom. The van der Waals surface area contributed by atoms with E-state index in [0.29, 0.717) is 22.2 Å². The molecule has 2 rings (SSSR count). The van der Waals surface area contributed by atoms with E-state index in [4.69, 9.17) is 25.5 Å². The first-order valence-electron chi connectivity index (χ1n) is 6.58. The number of amides is 2. The van der Waals surface area contributed by atoms with Crippen LogP contribution in [0.3, 0.4) is 0 Å². The summed E-state index contributed by atoms with van der Waals surface area (Å²) in [5.74, 6) is 1.16. The van der Waals surface area contributed by atoms with Crippen molar-refractivity contribution in [1.29, 1.82) is 0 Å². The number of anilines is 1. The molecule has 1 aromatic heterocycles. The molecule has 0 radical (unpaired) electrons. The van der Waals surface area contributed by atoms with Crippen molar-refractivity contribution in [3.8, 4) is 5.75 Å². The summed E-state index contributed by atoms with van der Waals surface area (Å²) in [7, 11) is 3.07. The van der Waals surface area contributed by atoms with Gasteiger partial charge in [-0.05, 0) is 30.3 Å². The lowest BCUT2D eigenvalue weighted by atomic mass is 10.2. The maximum Gasteiger partial charge on any atom is 0.319 e. The first kappa shape index (κ1) is 16.2. The van der Waals surface area contributed by atoms with Gasteiger partial charge < -0.3 is 24.5 Å². The highest BCUT2D eigenvalue weighted by atomic mass is 35.5. The SMILES string of the molecule is COc1ccc(Cl)cc1NC(=O)NCC(OC)c1ccco1. The predicted molar refractivity (Wildman–Crippen MR) is 83.5 cm³/mol. The maximum absolute atomic E-state index is 12.0. The molecule has 118 valence electrons. The number of carbonyl (C=O) groups is 1. The fraction of sp³-hybridized carbons (Fsp3) is 0.267. The van der Waals surface area contributed by atoms with Crippen molar-refractivity contribution < 1.29 is 18.7 Å². The van der Waals surface area contributed by atoms with Crippen LogP contribution >= 0.6 is 11.6 Å². The van der Waals surface area contributed by atoms with Crippen LogP contribution in [0, 0.1) is 0 Å². The minimum Gasteiger partial charge on any atom is -0.495 e. The van der Waals surface area contributed by atoms with Crippen molar-refractivity contribution in [3.63, 3.8) is 0 Å². The first-order chi connectivity index (χ1) is 10.6. The van der Waals surface area contributed by atoms with Crippen LogP contribution < -0.4 is 15.4 Å². The molecule has 2 aromatic rings. The molecule has 22 heavy (non-hydrogen) atoms. The molecule has 1 heterocycles. The molecule has 2 amide bonds. The monoisotopic (exact) mass is 324 g/mol. The highest BCUT2D eigenvalue weighted by molar-refractivity contribution is 6.31. The van der Waals surface area contributed by atoms with Crippen LogP contribution in [-0.4, -0.2) is 26.8 Å². The van der Waals surface area contributed by atoms with E-state index < -0.39 is 6.03 Å². The summed E-state index contributed by atoms with van der Waals surface area (Å²) in [5.41, 5.74) is 0.486. The quantitative estimate of drug-likeness (QED) is 0.853. The van der Waals surface area contributed by atoms with Gasteiger partial charge in [-0.15, -0.1) is 0 Å². The lowest BCUT2D eigenvalue weighted by Gasteiger charge is -2.15. The predicted octanol–water partition coefficient (Wildman–Crippen LogP) is 3.45. The number of hydrogen-bond donors (Lipinski definition) is 2. The van der Waals surface area contributed by atoms with Gasteiger partial charge >= 0.3 is 6.03 Å². The van der Waals surface area contributed by atoms with Crippen LogP contribution in [-0.2, 0) is 4.74 Å². The van der Waals surface area contributed by atoms with Crippen molar-refractivity contribution in [2.24, 2.45) is 0 Å².